The van der Waals surface area contributed by atoms with Gasteiger partial charge in [0, 0.05) is 18.2 Å². The molecule has 18 heavy (non-hydrogen) atoms. The highest BCUT2D eigenvalue weighted by Gasteiger charge is 2.16. The molecule has 1 fully saturated rings. The molecule has 1 aromatic rings. The quantitative estimate of drug-likeness (QED) is 0.826. The molecule has 0 spiro atoms. The molecule has 0 saturated heterocycles. The van der Waals surface area contributed by atoms with Crippen LogP contribution < -0.4 is 10.1 Å². The molecule has 1 aliphatic carbocycles. The molecule has 1 saturated carbocycles. The molecule has 0 aromatic heterocycles. The SMILES string of the molecule is CC(C)NCc1ccccc1OCC1CCCC1. The average molecular weight is 247 g/mol. The normalized spacial score (nSPS) is 16.4. The molecule has 0 radical (unpaired) electrons. The van der Waals surface area contributed by atoms with Crippen molar-refractivity contribution in [2.24, 2.45) is 5.92 Å². The summed E-state index contributed by atoms with van der Waals surface area (Å²) in [4.78, 5) is 0. The molecule has 1 aromatic carbocycles. The minimum absolute atomic E-state index is 0.507. The van der Waals surface area contributed by atoms with Gasteiger partial charge in [-0.3, -0.25) is 0 Å². The Morgan fingerprint density at radius 1 is 1.22 bits per heavy atom. The van der Waals surface area contributed by atoms with Crippen molar-refractivity contribution < 1.29 is 4.74 Å². The molecule has 0 bridgehead atoms. The van der Waals surface area contributed by atoms with Crippen molar-refractivity contribution in [1.82, 2.24) is 5.32 Å². The third-order valence-corrected chi connectivity index (χ3v) is 3.62. The summed E-state index contributed by atoms with van der Waals surface area (Å²) in [5.41, 5.74) is 1.27. The maximum Gasteiger partial charge on any atom is 0.123 e. The number of benzene rings is 1. The summed E-state index contributed by atoms with van der Waals surface area (Å²) < 4.78 is 6.01. The molecule has 2 heteroatoms. The van der Waals surface area contributed by atoms with Crippen LogP contribution in [0.3, 0.4) is 0 Å². The number of rotatable bonds is 6. The molecule has 0 heterocycles. The van der Waals surface area contributed by atoms with Crippen LogP contribution in [0, 0.1) is 5.92 Å². The van der Waals surface area contributed by atoms with Crippen LogP contribution in [0.2, 0.25) is 0 Å². The zero-order valence-corrected chi connectivity index (χ0v) is 11.6. The highest BCUT2D eigenvalue weighted by molar-refractivity contribution is 5.33. The van der Waals surface area contributed by atoms with E-state index >= 15 is 0 Å². The Morgan fingerprint density at radius 3 is 2.67 bits per heavy atom. The summed E-state index contributed by atoms with van der Waals surface area (Å²) >= 11 is 0. The molecule has 0 aliphatic heterocycles. The highest BCUT2D eigenvalue weighted by Crippen LogP contribution is 2.26. The summed E-state index contributed by atoms with van der Waals surface area (Å²) in [6, 6.07) is 8.89. The Labute approximate surface area is 111 Å². The van der Waals surface area contributed by atoms with Crippen LogP contribution in [0.25, 0.3) is 0 Å². The Bertz CT molecular complexity index is 356. The first-order chi connectivity index (χ1) is 8.75. The maximum atomic E-state index is 6.01. The van der Waals surface area contributed by atoms with Crippen LogP contribution in [0.5, 0.6) is 5.75 Å². The fourth-order valence-electron chi connectivity index (χ4n) is 2.49. The molecule has 0 amide bonds. The lowest BCUT2D eigenvalue weighted by Gasteiger charge is -2.16. The second kappa shape index (κ2) is 6.79. The van der Waals surface area contributed by atoms with Crippen LogP contribution in [0.4, 0.5) is 0 Å². The van der Waals surface area contributed by atoms with Gasteiger partial charge in [0.05, 0.1) is 6.61 Å². The van der Waals surface area contributed by atoms with Crippen molar-refractivity contribution in [3.63, 3.8) is 0 Å². The molecule has 0 atom stereocenters. The molecule has 100 valence electrons. The van der Waals surface area contributed by atoms with Gasteiger partial charge in [-0.1, -0.05) is 44.9 Å². The zero-order valence-electron chi connectivity index (χ0n) is 11.6. The summed E-state index contributed by atoms with van der Waals surface area (Å²) in [6.07, 6.45) is 5.44. The zero-order chi connectivity index (χ0) is 12.8. The lowest BCUT2D eigenvalue weighted by molar-refractivity contribution is 0.249. The standard InChI is InChI=1S/C16H25NO/c1-13(2)17-11-15-9-5-6-10-16(15)18-12-14-7-3-4-8-14/h5-6,9-10,13-14,17H,3-4,7-8,11-12H2,1-2H3. The van der Waals surface area contributed by atoms with E-state index < -0.39 is 0 Å². The van der Waals surface area contributed by atoms with Crippen molar-refractivity contribution in [2.75, 3.05) is 6.61 Å². The van der Waals surface area contributed by atoms with Crippen LogP contribution in [-0.2, 0) is 6.54 Å². The highest BCUT2D eigenvalue weighted by atomic mass is 16.5. The van der Waals surface area contributed by atoms with Crippen molar-refractivity contribution in [3.8, 4) is 5.75 Å². The van der Waals surface area contributed by atoms with E-state index in [1.807, 2.05) is 0 Å². The topological polar surface area (TPSA) is 21.3 Å². The Hall–Kier alpha value is -1.02. The summed E-state index contributed by atoms with van der Waals surface area (Å²) in [5.74, 6) is 1.83. The van der Waals surface area contributed by atoms with E-state index in [2.05, 4.69) is 43.4 Å². The van der Waals surface area contributed by atoms with Crippen molar-refractivity contribution in [2.45, 2.75) is 52.1 Å². The maximum absolute atomic E-state index is 6.01. The van der Waals surface area contributed by atoms with E-state index in [1.165, 1.54) is 31.2 Å². The van der Waals surface area contributed by atoms with Crippen molar-refractivity contribution in [1.29, 1.82) is 0 Å². The third-order valence-electron chi connectivity index (χ3n) is 3.62. The first kappa shape index (κ1) is 13.4. The molecular formula is C16H25NO. The third kappa shape index (κ3) is 4.02. The number of nitrogens with one attached hydrogen (secondary N) is 1. The van der Waals surface area contributed by atoms with E-state index in [-0.39, 0.29) is 0 Å². The second-order valence-electron chi connectivity index (χ2n) is 5.60. The summed E-state index contributed by atoms with van der Waals surface area (Å²) in [5, 5.41) is 3.45. The van der Waals surface area contributed by atoms with Gasteiger partial charge in [-0.15, -0.1) is 0 Å². The van der Waals surface area contributed by atoms with Crippen LogP contribution >= 0.6 is 0 Å². The molecule has 1 N–H and O–H groups in total. The smallest absolute Gasteiger partial charge is 0.123 e. The van der Waals surface area contributed by atoms with E-state index in [9.17, 15) is 0 Å². The van der Waals surface area contributed by atoms with E-state index in [1.54, 1.807) is 0 Å². The second-order valence-corrected chi connectivity index (χ2v) is 5.60. The largest absolute Gasteiger partial charge is 0.493 e. The van der Waals surface area contributed by atoms with Gasteiger partial charge in [0.15, 0.2) is 0 Å². The predicted octanol–water partition coefficient (Wildman–Crippen LogP) is 3.75. The van der Waals surface area contributed by atoms with Gasteiger partial charge in [0.1, 0.15) is 5.75 Å². The number of ether oxygens (including phenoxy) is 1. The van der Waals surface area contributed by atoms with Gasteiger partial charge in [-0.25, -0.2) is 0 Å². The fraction of sp³-hybridized carbons (Fsp3) is 0.625. The van der Waals surface area contributed by atoms with Gasteiger partial charge in [0.2, 0.25) is 0 Å². The lowest BCUT2D eigenvalue weighted by atomic mass is 10.1. The Balaban J connectivity index is 1.89. The minimum atomic E-state index is 0.507. The monoisotopic (exact) mass is 247 g/mol. The molecule has 2 rings (SSSR count). The summed E-state index contributed by atoms with van der Waals surface area (Å²) in [6.45, 7) is 6.11. The predicted molar refractivity (Wildman–Crippen MR) is 75.9 cm³/mol. The van der Waals surface area contributed by atoms with Gasteiger partial charge < -0.3 is 10.1 Å². The van der Waals surface area contributed by atoms with Gasteiger partial charge in [0.25, 0.3) is 0 Å². The van der Waals surface area contributed by atoms with Crippen LogP contribution in [0.1, 0.15) is 45.1 Å². The van der Waals surface area contributed by atoms with Gasteiger partial charge in [-0.2, -0.15) is 0 Å². The van der Waals surface area contributed by atoms with Gasteiger partial charge in [-0.05, 0) is 24.8 Å². The molecule has 1 aliphatic rings. The Morgan fingerprint density at radius 2 is 1.94 bits per heavy atom. The Kier molecular flexibility index (Phi) is 5.06. The van der Waals surface area contributed by atoms with Crippen LogP contribution in [0.15, 0.2) is 24.3 Å². The minimum Gasteiger partial charge on any atom is -0.493 e. The summed E-state index contributed by atoms with van der Waals surface area (Å²) in [7, 11) is 0. The molecule has 0 unspecified atom stereocenters. The van der Waals surface area contributed by atoms with Crippen molar-refractivity contribution in [3.05, 3.63) is 29.8 Å². The van der Waals surface area contributed by atoms with E-state index in [0.29, 0.717) is 6.04 Å². The van der Waals surface area contributed by atoms with Crippen molar-refractivity contribution >= 4 is 0 Å². The van der Waals surface area contributed by atoms with Gasteiger partial charge >= 0.3 is 0 Å². The fourth-order valence-corrected chi connectivity index (χ4v) is 2.49. The van der Waals surface area contributed by atoms with E-state index in [0.717, 1.165) is 24.8 Å². The van der Waals surface area contributed by atoms with Crippen LogP contribution in [-0.4, -0.2) is 12.6 Å². The molecular weight excluding hydrogens is 222 g/mol. The lowest BCUT2D eigenvalue weighted by Crippen LogP contribution is -2.22. The first-order valence-corrected chi connectivity index (χ1v) is 7.20. The number of hydrogen-bond acceptors (Lipinski definition) is 2. The molecule has 2 nitrogen and oxygen atoms in total. The van der Waals surface area contributed by atoms with E-state index in [4.69, 9.17) is 4.74 Å². The first-order valence-electron chi connectivity index (χ1n) is 7.20. The number of para-hydroxylation sites is 1. The average Bonchev–Trinajstić information content (AvgIpc) is 2.88. The number of hydrogen-bond donors (Lipinski definition) is 1.